The molecule has 162 valence electrons. The number of hydrogen-bond donors (Lipinski definition) is 1. The predicted octanol–water partition coefficient (Wildman–Crippen LogP) is 4.60. The average molecular weight is 503 g/mol. The van der Waals surface area contributed by atoms with E-state index in [1.165, 1.54) is 11.4 Å². The Hall–Kier alpha value is -2.68. The van der Waals surface area contributed by atoms with Gasteiger partial charge in [-0.1, -0.05) is 51.8 Å². The number of benzene rings is 3. The smallest absolute Gasteiger partial charge is 0.243 e. The first-order valence-electron chi connectivity index (χ1n) is 9.53. The zero-order valence-corrected chi connectivity index (χ0v) is 19.6. The summed E-state index contributed by atoms with van der Waals surface area (Å²) in [5, 5.41) is 2.74. The molecule has 0 spiro atoms. The fourth-order valence-electron chi connectivity index (χ4n) is 2.94. The van der Waals surface area contributed by atoms with Crippen molar-refractivity contribution in [3.8, 4) is 5.75 Å². The molecular formula is C23H23BrN2O4S. The molecule has 0 bridgehead atoms. The average Bonchev–Trinajstić information content (AvgIpc) is 2.75. The highest BCUT2D eigenvalue weighted by atomic mass is 79.9. The topological polar surface area (TPSA) is 75.7 Å². The number of rotatable bonds is 8. The molecule has 3 aromatic rings. The molecule has 0 atom stereocenters. The Morgan fingerprint density at radius 2 is 1.71 bits per heavy atom. The second-order valence-corrected chi connectivity index (χ2v) is 9.85. The van der Waals surface area contributed by atoms with Crippen molar-refractivity contribution in [2.75, 3.05) is 19.0 Å². The fourth-order valence-corrected chi connectivity index (χ4v) is 4.59. The molecule has 3 rings (SSSR count). The quantitative estimate of drug-likeness (QED) is 0.488. The van der Waals surface area contributed by atoms with Gasteiger partial charge in [0, 0.05) is 22.8 Å². The number of carbonyl (C=O) groups is 1. The molecule has 6 nitrogen and oxygen atoms in total. The van der Waals surface area contributed by atoms with Gasteiger partial charge in [-0.3, -0.25) is 4.79 Å². The van der Waals surface area contributed by atoms with Crippen molar-refractivity contribution < 1.29 is 17.9 Å². The first-order chi connectivity index (χ1) is 14.8. The third-order valence-corrected chi connectivity index (χ3v) is 6.94. The van der Waals surface area contributed by atoms with Gasteiger partial charge in [-0.25, -0.2) is 8.42 Å². The van der Waals surface area contributed by atoms with Crippen molar-refractivity contribution in [1.29, 1.82) is 0 Å². The van der Waals surface area contributed by atoms with Gasteiger partial charge in [0.25, 0.3) is 0 Å². The molecule has 0 saturated heterocycles. The molecule has 0 aliphatic rings. The van der Waals surface area contributed by atoms with Crippen molar-refractivity contribution in [1.82, 2.24) is 4.31 Å². The normalized spacial score (nSPS) is 11.4. The zero-order chi connectivity index (χ0) is 22.4. The molecule has 0 aliphatic carbocycles. The van der Waals surface area contributed by atoms with E-state index in [0.29, 0.717) is 11.4 Å². The molecular weight excluding hydrogens is 480 g/mol. The van der Waals surface area contributed by atoms with Crippen LogP contribution in [0.15, 0.2) is 82.2 Å². The van der Waals surface area contributed by atoms with Crippen molar-refractivity contribution >= 4 is 37.5 Å². The third kappa shape index (κ3) is 6.16. The van der Waals surface area contributed by atoms with Crippen LogP contribution >= 0.6 is 15.9 Å². The number of halogens is 1. The lowest BCUT2D eigenvalue weighted by molar-refractivity contribution is -0.116. The number of ether oxygens (including phenoxy) is 1. The third-order valence-electron chi connectivity index (χ3n) is 4.60. The minimum absolute atomic E-state index is 0.0645. The molecule has 1 N–H and O–H groups in total. The first kappa shape index (κ1) is 23.0. The lowest BCUT2D eigenvalue weighted by Crippen LogP contribution is -2.37. The molecule has 3 aromatic carbocycles. The SMILES string of the molecule is COc1cccc(NC(=O)CN(Cc2ccc(Br)cc2)S(=O)(=O)c2ccc(C)cc2)c1. The highest BCUT2D eigenvalue weighted by Gasteiger charge is 2.27. The first-order valence-corrected chi connectivity index (χ1v) is 11.8. The summed E-state index contributed by atoms with van der Waals surface area (Å²) in [6, 6.07) is 20.8. The van der Waals surface area contributed by atoms with E-state index < -0.39 is 15.9 Å². The van der Waals surface area contributed by atoms with Crippen LogP contribution in [0.2, 0.25) is 0 Å². The lowest BCUT2D eigenvalue weighted by atomic mass is 10.2. The van der Waals surface area contributed by atoms with Crippen LogP contribution in [0.3, 0.4) is 0 Å². The van der Waals surface area contributed by atoms with Crippen LogP contribution in [0.1, 0.15) is 11.1 Å². The standard InChI is InChI=1S/C23H23BrN2O4S/c1-17-6-12-22(13-7-17)31(28,29)26(15-18-8-10-19(24)11-9-18)16-23(27)25-20-4-3-5-21(14-20)30-2/h3-14H,15-16H2,1-2H3,(H,25,27). The Bertz CT molecular complexity index is 1150. The predicted molar refractivity (Wildman–Crippen MR) is 125 cm³/mol. The van der Waals surface area contributed by atoms with Gasteiger partial charge in [0.2, 0.25) is 15.9 Å². The molecule has 31 heavy (non-hydrogen) atoms. The summed E-state index contributed by atoms with van der Waals surface area (Å²) in [6.07, 6.45) is 0. The van der Waals surface area contributed by atoms with E-state index in [9.17, 15) is 13.2 Å². The molecule has 0 heterocycles. The Morgan fingerprint density at radius 1 is 1.03 bits per heavy atom. The summed E-state index contributed by atoms with van der Waals surface area (Å²) in [5.74, 6) is 0.151. The van der Waals surface area contributed by atoms with Gasteiger partial charge in [0.15, 0.2) is 0 Å². The number of anilines is 1. The monoisotopic (exact) mass is 502 g/mol. The number of nitrogens with zero attached hydrogens (tertiary/aromatic N) is 1. The highest BCUT2D eigenvalue weighted by molar-refractivity contribution is 9.10. The maximum absolute atomic E-state index is 13.3. The van der Waals surface area contributed by atoms with Gasteiger partial charge in [0.05, 0.1) is 18.6 Å². The molecule has 0 saturated carbocycles. The summed E-state index contributed by atoms with van der Waals surface area (Å²) in [4.78, 5) is 12.9. The number of hydrogen-bond acceptors (Lipinski definition) is 4. The summed E-state index contributed by atoms with van der Waals surface area (Å²) < 4.78 is 33.9. The molecule has 1 amide bonds. The van der Waals surface area contributed by atoms with Crippen LogP contribution in [-0.2, 0) is 21.4 Å². The maximum atomic E-state index is 13.3. The Labute approximate surface area is 191 Å². The zero-order valence-electron chi connectivity index (χ0n) is 17.2. The van der Waals surface area contributed by atoms with Crippen LogP contribution in [0.4, 0.5) is 5.69 Å². The number of carbonyl (C=O) groups excluding carboxylic acids is 1. The number of sulfonamides is 1. The van der Waals surface area contributed by atoms with E-state index >= 15 is 0 Å². The van der Waals surface area contributed by atoms with Crippen molar-refractivity contribution in [3.63, 3.8) is 0 Å². The Kier molecular flexibility index (Phi) is 7.48. The number of nitrogens with one attached hydrogen (secondary N) is 1. The highest BCUT2D eigenvalue weighted by Crippen LogP contribution is 2.21. The molecule has 0 aromatic heterocycles. The summed E-state index contributed by atoms with van der Waals surface area (Å²) in [5.41, 5.74) is 2.25. The fraction of sp³-hybridized carbons (Fsp3) is 0.174. The van der Waals surface area contributed by atoms with Gasteiger partial charge in [-0.15, -0.1) is 0 Å². The van der Waals surface area contributed by atoms with Crippen LogP contribution in [0.25, 0.3) is 0 Å². The molecule has 8 heteroatoms. The summed E-state index contributed by atoms with van der Waals surface area (Å²) >= 11 is 3.38. The van der Waals surface area contributed by atoms with E-state index in [2.05, 4.69) is 21.2 Å². The van der Waals surface area contributed by atoms with Crippen molar-refractivity contribution in [3.05, 3.63) is 88.4 Å². The minimum Gasteiger partial charge on any atom is -0.497 e. The van der Waals surface area contributed by atoms with E-state index in [4.69, 9.17) is 4.74 Å². The molecule has 0 unspecified atom stereocenters. The van der Waals surface area contributed by atoms with E-state index in [-0.39, 0.29) is 18.0 Å². The van der Waals surface area contributed by atoms with Crippen LogP contribution in [0, 0.1) is 6.92 Å². The number of aryl methyl sites for hydroxylation is 1. The van der Waals surface area contributed by atoms with E-state index in [1.807, 2.05) is 31.2 Å². The van der Waals surface area contributed by atoms with Gasteiger partial charge in [-0.05, 0) is 48.9 Å². The van der Waals surface area contributed by atoms with E-state index in [1.54, 1.807) is 48.5 Å². The van der Waals surface area contributed by atoms with Crippen LogP contribution in [-0.4, -0.2) is 32.3 Å². The van der Waals surface area contributed by atoms with Crippen molar-refractivity contribution in [2.24, 2.45) is 0 Å². The van der Waals surface area contributed by atoms with Crippen molar-refractivity contribution in [2.45, 2.75) is 18.4 Å². The lowest BCUT2D eigenvalue weighted by Gasteiger charge is -2.22. The van der Waals surface area contributed by atoms with Gasteiger partial charge in [0.1, 0.15) is 5.75 Å². The largest absolute Gasteiger partial charge is 0.497 e. The molecule has 0 radical (unpaired) electrons. The number of methoxy groups -OCH3 is 1. The molecule has 0 aliphatic heterocycles. The van der Waals surface area contributed by atoms with Gasteiger partial charge >= 0.3 is 0 Å². The minimum atomic E-state index is -3.89. The summed E-state index contributed by atoms with van der Waals surface area (Å²) in [7, 11) is -2.35. The summed E-state index contributed by atoms with van der Waals surface area (Å²) in [6.45, 7) is 1.62. The van der Waals surface area contributed by atoms with Gasteiger partial charge in [-0.2, -0.15) is 4.31 Å². The second kappa shape index (κ2) is 10.1. The number of amides is 1. The Morgan fingerprint density at radius 3 is 2.35 bits per heavy atom. The molecule has 0 fully saturated rings. The van der Waals surface area contributed by atoms with Crippen LogP contribution in [0.5, 0.6) is 5.75 Å². The Balaban J connectivity index is 1.86. The second-order valence-electron chi connectivity index (χ2n) is 6.99. The van der Waals surface area contributed by atoms with Crippen LogP contribution < -0.4 is 10.1 Å². The van der Waals surface area contributed by atoms with E-state index in [0.717, 1.165) is 15.6 Å². The maximum Gasteiger partial charge on any atom is 0.243 e. The van der Waals surface area contributed by atoms with Gasteiger partial charge < -0.3 is 10.1 Å².